The summed E-state index contributed by atoms with van der Waals surface area (Å²) in [7, 11) is 5.44. The Balaban J connectivity index is 1.83. The average molecular weight is 341 g/mol. The minimum atomic E-state index is -0.108. The van der Waals surface area contributed by atoms with Crippen LogP contribution in [-0.4, -0.2) is 65.1 Å². The molecule has 2 aromatic rings. The summed E-state index contributed by atoms with van der Waals surface area (Å²) >= 11 is 0. The van der Waals surface area contributed by atoms with E-state index in [1.54, 1.807) is 37.1 Å². The summed E-state index contributed by atoms with van der Waals surface area (Å²) in [5.74, 6) is -0.122. The fraction of sp³-hybridized carbons (Fsp3) is 0.389. The van der Waals surface area contributed by atoms with E-state index in [0.29, 0.717) is 24.3 Å². The summed E-state index contributed by atoms with van der Waals surface area (Å²) in [6, 6.07) is 9.38. The maximum Gasteiger partial charge on any atom is 0.272 e. The number of nitrogens with zero attached hydrogens (tertiary/aromatic N) is 4. The third kappa shape index (κ3) is 3.41. The zero-order valence-corrected chi connectivity index (χ0v) is 14.8. The Morgan fingerprint density at radius 3 is 2.68 bits per heavy atom. The topological polar surface area (TPSA) is 70.5 Å². The van der Waals surface area contributed by atoms with Gasteiger partial charge in [0, 0.05) is 45.5 Å². The third-order valence-corrected chi connectivity index (χ3v) is 4.74. The van der Waals surface area contributed by atoms with Gasteiger partial charge in [0.05, 0.1) is 6.04 Å². The molecule has 1 saturated heterocycles. The SMILES string of the molecule is CNC(=O)c1cccc([C@@H]2CN(C(=O)c3ccnn3C)CCN2C)c1. The van der Waals surface area contributed by atoms with Gasteiger partial charge in [0.1, 0.15) is 5.69 Å². The summed E-state index contributed by atoms with van der Waals surface area (Å²) in [6.45, 7) is 2.03. The summed E-state index contributed by atoms with van der Waals surface area (Å²) in [4.78, 5) is 28.7. The van der Waals surface area contributed by atoms with Gasteiger partial charge in [-0.05, 0) is 30.8 Å². The van der Waals surface area contributed by atoms with Crippen LogP contribution in [0.5, 0.6) is 0 Å². The van der Waals surface area contributed by atoms with Crippen LogP contribution in [0.4, 0.5) is 0 Å². The molecule has 7 nitrogen and oxygen atoms in total. The van der Waals surface area contributed by atoms with Crippen molar-refractivity contribution in [1.82, 2.24) is 24.9 Å². The monoisotopic (exact) mass is 341 g/mol. The molecule has 1 N–H and O–H groups in total. The van der Waals surface area contributed by atoms with E-state index in [4.69, 9.17) is 0 Å². The van der Waals surface area contributed by atoms with Crippen molar-refractivity contribution in [1.29, 1.82) is 0 Å². The molecule has 3 rings (SSSR count). The number of hydrogen-bond acceptors (Lipinski definition) is 4. The number of carbonyl (C=O) groups excluding carboxylic acids is 2. The largest absolute Gasteiger partial charge is 0.355 e. The molecular weight excluding hydrogens is 318 g/mol. The number of likely N-dealkylation sites (N-methyl/N-ethyl adjacent to an activating group) is 1. The molecule has 2 amide bonds. The molecule has 1 atom stereocenters. The van der Waals surface area contributed by atoms with Crippen LogP contribution in [0.15, 0.2) is 36.5 Å². The highest BCUT2D eigenvalue weighted by Gasteiger charge is 2.30. The van der Waals surface area contributed by atoms with E-state index in [0.717, 1.165) is 12.1 Å². The van der Waals surface area contributed by atoms with Crippen molar-refractivity contribution in [2.45, 2.75) is 6.04 Å². The van der Waals surface area contributed by atoms with Gasteiger partial charge in [-0.3, -0.25) is 19.2 Å². The summed E-state index contributed by atoms with van der Waals surface area (Å²) in [5.41, 5.74) is 2.25. The molecule has 7 heteroatoms. The Hall–Kier alpha value is -2.67. The van der Waals surface area contributed by atoms with E-state index in [2.05, 4.69) is 15.3 Å². The van der Waals surface area contributed by atoms with Crippen molar-refractivity contribution in [3.05, 3.63) is 53.3 Å². The highest BCUT2D eigenvalue weighted by Crippen LogP contribution is 2.25. The second kappa shape index (κ2) is 7.06. The molecule has 2 heterocycles. The van der Waals surface area contributed by atoms with Crippen LogP contribution < -0.4 is 5.32 Å². The highest BCUT2D eigenvalue weighted by molar-refractivity contribution is 5.94. The molecule has 1 aromatic heterocycles. The van der Waals surface area contributed by atoms with Crippen LogP contribution in [-0.2, 0) is 7.05 Å². The molecule has 132 valence electrons. The highest BCUT2D eigenvalue weighted by atomic mass is 16.2. The van der Waals surface area contributed by atoms with Crippen LogP contribution in [0.25, 0.3) is 0 Å². The second-order valence-electron chi connectivity index (χ2n) is 6.29. The zero-order valence-electron chi connectivity index (χ0n) is 14.8. The van der Waals surface area contributed by atoms with Crippen LogP contribution in [0.2, 0.25) is 0 Å². The number of piperazine rings is 1. The van der Waals surface area contributed by atoms with Gasteiger partial charge in [-0.25, -0.2) is 0 Å². The molecule has 0 saturated carbocycles. The normalized spacial score (nSPS) is 18.2. The standard InChI is InChI=1S/C18H23N5O2/c1-19-17(24)14-6-4-5-13(11-14)16-12-23(10-9-21(16)2)18(25)15-7-8-20-22(15)3/h4-8,11,16H,9-10,12H2,1-3H3,(H,19,24)/t16-/m0/s1. The lowest BCUT2D eigenvalue weighted by Gasteiger charge is -2.39. The minimum Gasteiger partial charge on any atom is -0.355 e. The van der Waals surface area contributed by atoms with E-state index < -0.39 is 0 Å². The summed E-state index contributed by atoms with van der Waals surface area (Å²) in [6.07, 6.45) is 1.63. The van der Waals surface area contributed by atoms with Crippen molar-refractivity contribution in [3.63, 3.8) is 0 Å². The van der Waals surface area contributed by atoms with Crippen LogP contribution in [0.1, 0.15) is 32.5 Å². The lowest BCUT2D eigenvalue weighted by atomic mass is 10.00. The lowest BCUT2D eigenvalue weighted by Crippen LogP contribution is -2.49. The minimum absolute atomic E-state index is 0.0134. The number of nitrogens with one attached hydrogen (secondary N) is 1. The molecular formula is C18H23N5O2. The molecule has 0 bridgehead atoms. The fourth-order valence-electron chi connectivity index (χ4n) is 3.20. The molecule has 25 heavy (non-hydrogen) atoms. The van der Waals surface area contributed by atoms with E-state index in [9.17, 15) is 9.59 Å². The van der Waals surface area contributed by atoms with Crippen LogP contribution in [0.3, 0.4) is 0 Å². The first-order valence-corrected chi connectivity index (χ1v) is 8.31. The van der Waals surface area contributed by atoms with Crippen LogP contribution >= 0.6 is 0 Å². The Morgan fingerprint density at radius 2 is 2.00 bits per heavy atom. The van der Waals surface area contributed by atoms with Gasteiger partial charge in [0.25, 0.3) is 11.8 Å². The number of hydrogen-bond donors (Lipinski definition) is 1. The first-order chi connectivity index (χ1) is 12.0. The van der Waals surface area contributed by atoms with Gasteiger partial charge >= 0.3 is 0 Å². The molecule has 0 aliphatic carbocycles. The lowest BCUT2D eigenvalue weighted by molar-refractivity contribution is 0.0535. The zero-order chi connectivity index (χ0) is 18.0. The van der Waals surface area contributed by atoms with E-state index in [1.165, 1.54) is 0 Å². The van der Waals surface area contributed by atoms with Gasteiger partial charge < -0.3 is 10.2 Å². The van der Waals surface area contributed by atoms with E-state index in [-0.39, 0.29) is 17.9 Å². The molecule has 0 unspecified atom stereocenters. The van der Waals surface area contributed by atoms with Crippen molar-refractivity contribution < 1.29 is 9.59 Å². The van der Waals surface area contributed by atoms with Gasteiger partial charge in [0.2, 0.25) is 0 Å². The van der Waals surface area contributed by atoms with E-state index >= 15 is 0 Å². The third-order valence-electron chi connectivity index (χ3n) is 4.74. The van der Waals surface area contributed by atoms with Crippen molar-refractivity contribution in [2.24, 2.45) is 7.05 Å². The number of aromatic nitrogens is 2. The second-order valence-corrected chi connectivity index (χ2v) is 6.29. The predicted octanol–water partition coefficient (Wildman–Crippen LogP) is 0.909. The van der Waals surface area contributed by atoms with E-state index in [1.807, 2.05) is 30.1 Å². The number of rotatable bonds is 3. The number of benzene rings is 1. The smallest absolute Gasteiger partial charge is 0.272 e. The first kappa shape index (κ1) is 17.2. The maximum atomic E-state index is 12.8. The van der Waals surface area contributed by atoms with Crippen LogP contribution in [0, 0.1) is 0 Å². The Morgan fingerprint density at radius 1 is 1.20 bits per heavy atom. The number of carbonyl (C=O) groups is 2. The van der Waals surface area contributed by atoms with Gasteiger partial charge in [-0.2, -0.15) is 5.10 Å². The average Bonchev–Trinajstić information content (AvgIpc) is 3.07. The summed E-state index contributed by atoms with van der Waals surface area (Å²) < 4.78 is 1.60. The molecule has 0 radical (unpaired) electrons. The van der Waals surface area contributed by atoms with Gasteiger partial charge in [0.15, 0.2) is 0 Å². The Bertz CT molecular complexity index is 785. The fourth-order valence-corrected chi connectivity index (χ4v) is 3.20. The van der Waals surface area contributed by atoms with Crippen molar-refractivity contribution >= 4 is 11.8 Å². The maximum absolute atomic E-state index is 12.8. The number of amides is 2. The summed E-state index contributed by atoms with van der Waals surface area (Å²) in [5, 5.41) is 6.73. The molecule has 1 fully saturated rings. The molecule has 0 spiro atoms. The number of aryl methyl sites for hydroxylation is 1. The Labute approximate surface area is 147 Å². The quantitative estimate of drug-likeness (QED) is 0.901. The predicted molar refractivity (Wildman–Crippen MR) is 94.3 cm³/mol. The molecule has 1 aliphatic rings. The van der Waals surface area contributed by atoms with Gasteiger partial charge in [-0.15, -0.1) is 0 Å². The van der Waals surface area contributed by atoms with Gasteiger partial charge in [-0.1, -0.05) is 12.1 Å². The molecule has 1 aromatic carbocycles. The Kier molecular flexibility index (Phi) is 4.85. The molecule has 1 aliphatic heterocycles. The van der Waals surface area contributed by atoms with Crippen molar-refractivity contribution in [3.8, 4) is 0 Å². The first-order valence-electron chi connectivity index (χ1n) is 8.31. The van der Waals surface area contributed by atoms with Crippen molar-refractivity contribution in [2.75, 3.05) is 33.7 Å².